The van der Waals surface area contributed by atoms with Crippen molar-refractivity contribution in [3.05, 3.63) is 0 Å². The van der Waals surface area contributed by atoms with Gasteiger partial charge < -0.3 is 4.48 Å². The highest BCUT2D eigenvalue weighted by Gasteiger charge is 2.48. The molecule has 0 N–H and O–H groups in total. The molecule has 1 heterocycles. The van der Waals surface area contributed by atoms with Gasteiger partial charge in [-0.05, 0) is 26.7 Å². The normalized spacial score (nSPS) is 39.8. The van der Waals surface area contributed by atoms with Crippen LogP contribution >= 0.6 is 0 Å². The van der Waals surface area contributed by atoms with E-state index in [9.17, 15) is 0 Å². The maximum Gasteiger partial charge on any atom is 0.0895 e. The van der Waals surface area contributed by atoms with Crippen LogP contribution in [0.2, 0.25) is 0 Å². The summed E-state index contributed by atoms with van der Waals surface area (Å²) in [4.78, 5) is 0. The second kappa shape index (κ2) is 2.48. The zero-order valence-electron chi connectivity index (χ0n) is 7.84. The van der Waals surface area contributed by atoms with E-state index in [1.165, 1.54) is 37.0 Å². The minimum absolute atomic E-state index is 1.05. The molecule has 2 rings (SSSR count). The zero-order chi connectivity index (χ0) is 7.90. The molecular weight excluding hydrogens is 134 g/mol. The van der Waals surface area contributed by atoms with Crippen LogP contribution in [0.5, 0.6) is 0 Å². The number of piperidine rings is 1. The van der Waals surface area contributed by atoms with Crippen molar-refractivity contribution in [2.24, 2.45) is 5.92 Å². The van der Waals surface area contributed by atoms with Gasteiger partial charge in [-0.25, -0.2) is 0 Å². The summed E-state index contributed by atoms with van der Waals surface area (Å²) in [7, 11) is 0. The number of likely N-dealkylation sites (tertiary alicyclic amines) is 1. The van der Waals surface area contributed by atoms with Crippen molar-refractivity contribution < 1.29 is 4.48 Å². The Bertz CT molecular complexity index is 149. The standard InChI is InChI=1S/C10H20N/c1-3-11(4-2)8-9-5-6-10(11)7-9/h9-10H,3-8H2,1-2H3/q+1. The third-order valence-electron chi connectivity index (χ3n) is 4.17. The first kappa shape index (κ1) is 7.60. The maximum absolute atomic E-state index is 2.37. The molecule has 1 aliphatic heterocycles. The van der Waals surface area contributed by atoms with Gasteiger partial charge >= 0.3 is 0 Å². The van der Waals surface area contributed by atoms with E-state index in [-0.39, 0.29) is 0 Å². The Morgan fingerprint density at radius 2 is 1.91 bits per heavy atom. The van der Waals surface area contributed by atoms with Gasteiger partial charge in [-0.15, -0.1) is 0 Å². The SMILES string of the molecule is CC[N+]1(CC)CC2CCC1C2. The second-order valence-corrected chi connectivity index (χ2v) is 4.37. The number of hydrogen-bond acceptors (Lipinski definition) is 0. The van der Waals surface area contributed by atoms with Crippen LogP contribution in [0.1, 0.15) is 33.1 Å². The molecule has 0 aromatic rings. The van der Waals surface area contributed by atoms with Gasteiger partial charge in [0, 0.05) is 12.3 Å². The predicted octanol–water partition coefficient (Wildman–Crippen LogP) is 2.03. The lowest BCUT2D eigenvalue weighted by molar-refractivity contribution is -0.940. The number of fused-ring (bicyclic) bond motifs is 2. The molecule has 0 aromatic heterocycles. The van der Waals surface area contributed by atoms with Crippen LogP contribution < -0.4 is 0 Å². The van der Waals surface area contributed by atoms with E-state index in [1.54, 1.807) is 6.42 Å². The van der Waals surface area contributed by atoms with Crippen molar-refractivity contribution >= 4 is 0 Å². The molecule has 0 spiro atoms. The van der Waals surface area contributed by atoms with E-state index >= 15 is 0 Å². The monoisotopic (exact) mass is 154 g/mol. The molecule has 2 unspecified atom stereocenters. The fourth-order valence-electron chi connectivity index (χ4n) is 3.37. The van der Waals surface area contributed by atoms with Crippen molar-refractivity contribution in [2.75, 3.05) is 19.6 Å². The molecular formula is C10H20N+. The van der Waals surface area contributed by atoms with Gasteiger partial charge in [-0.3, -0.25) is 0 Å². The second-order valence-electron chi connectivity index (χ2n) is 4.37. The Morgan fingerprint density at radius 3 is 2.18 bits per heavy atom. The highest BCUT2D eigenvalue weighted by Crippen LogP contribution is 2.42. The third kappa shape index (κ3) is 0.936. The lowest BCUT2D eigenvalue weighted by Crippen LogP contribution is -2.52. The summed E-state index contributed by atoms with van der Waals surface area (Å²) in [6.07, 6.45) is 4.60. The lowest BCUT2D eigenvalue weighted by Gasteiger charge is -2.40. The molecule has 1 nitrogen and oxygen atoms in total. The smallest absolute Gasteiger partial charge is 0.0895 e. The van der Waals surface area contributed by atoms with E-state index < -0.39 is 0 Å². The molecule has 1 heteroatoms. The fourth-order valence-corrected chi connectivity index (χ4v) is 3.37. The molecule has 2 atom stereocenters. The quantitative estimate of drug-likeness (QED) is 0.534. The molecule has 1 saturated heterocycles. The molecule has 2 fully saturated rings. The molecule has 2 aliphatic rings. The zero-order valence-corrected chi connectivity index (χ0v) is 7.84. The molecule has 11 heavy (non-hydrogen) atoms. The average molecular weight is 154 g/mol. The highest BCUT2D eigenvalue weighted by atomic mass is 15.4. The first-order valence-electron chi connectivity index (χ1n) is 5.16. The Labute approximate surface area is 70.0 Å². The average Bonchev–Trinajstić information content (AvgIpc) is 2.62. The summed E-state index contributed by atoms with van der Waals surface area (Å²) in [5.74, 6) is 1.10. The van der Waals surface area contributed by atoms with Gasteiger partial charge in [0.25, 0.3) is 0 Å². The first-order chi connectivity index (χ1) is 5.30. The number of nitrogens with zero attached hydrogens (tertiary/aromatic N) is 1. The number of hydrogen-bond donors (Lipinski definition) is 0. The Balaban J connectivity index is 2.14. The van der Waals surface area contributed by atoms with E-state index in [4.69, 9.17) is 0 Å². The molecule has 0 amide bonds. The van der Waals surface area contributed by atoms with Crippen LogP contribution in [0.25, 0.3) is 0 Å². The predicted molar refractivity (Wildman–Crippen MR) is 47.3 cm³/mol. The van der Waals surface area contributed by atoms with Crippen LogP contribution in [-0.2, 0) is 0 Å². The van der Waals surface area contributed by atoms with Gasteiger partial charge in [-0.2, -0.15) is 0 Å². The molecule has 1 saturated carbocycles. The third-order valence-corrected chi connectivity index (χ3v) is 4.17. The van der Waals surface area contributed by atoms with Crippen molar-refractivity contribution in [1.29, 1.82) is 0 Å². The largest absolute Gasteiger partial charge is 0.321 e. The molecule has 2 bridgehead atoms. The van der Waals surface area contributed by atoms with E-state index in [0.717, 1.165) is 12.0 Å². The molecule has 64 valence electrons. The maximum atomic E-state index is 2.37. The van der Waals surface area contributed by atoms with E-state index in [0.29, 0.717) is 0 Å². The Kier molecular flexibility index (Phi) is 1.71. The number of rotatable bonds is 2. The summed E-state index contributed by atoms with van der Waals surface area (Å²) < 4.78 is 1.45. The topological polar surface area (TPSA) is 0 Å². The minimum Gasteiger partial charge on any atom is -0.321 e. The van der Waals surface area contributed by atoms with Gasteiger partial charge in [0.1, 0.15) is 0 Å². The van der Waals surface area contributed by atoms with Crippen LogP contribution in [0.4, 0.5) is 0 Å². The van der Waals surface area contributed by atoms with E-state index in [1.807, 2.05) is 0 Å². The van der Waals surface area contributed by atoms with Crippen LogP contribution in [-0.4, -0.2) is 30.2 Å². The van der Waals surface area contributed by atoms with Crippen molar-refractivity contribution in [1.82, 2.24) is 0 Å². The van der Waals surface area contributed by atoms with Crippen molar-refractivity contribution in [2.45, 2.75) is 39.2 Å². The molecule has 1 aliphatic carbocycles. The molecule has 0 aromatic carbocycles. The van der Waals surface area contributed by atoms with Gasteiger partial charge in [0.05, 0.1) is 25.7 Å². The first-order valence-corrected chi connectivity index (χ1v) is 5.16. The van der Waals surface area contributed by atoms with Crippen molar-refractivity contribution in [3.8, 4) is 0 Å². The summed E-state index contributed by atoms with van der Waals surface area (Å²) in [6.45, 7) is 8.97. The Hall–Kier alpha value is -0.0400. The van der Waals surface area contributed by atoms with Gasteiger partial charge in [-0.1, -0.05) is 0 Å². The summed E-state index contributed by atoms with van der Waals surface area (Å²) in [5.41, 5.74) is 0. The minimum atomic E-state index is 1.05. The van der Waals surface area contributed by atoms with Gasteiger partial charge in [0.15, 0.2) is 0 Å². The highest BCUT2D eigenvalue weighted by molar-refractivity contribution is 4.83. The fraction of sp³-hybridized carbons (Fsp3) is 1.00. The summed E-state index contributed by atoms with van der Waals surface area (Å²) >= 11 is 0. The van der Waals surface area contributed by atoms with Gasteiger partial charge in [0.2, 0.25) is 0 Å². The summed E-state index contributed by atoms with van der Waals surface area (Å²) in [6, 6.07) is 1.05. The van der Waals surface area contributed by atoms with Crippen LogP contribution in [0, 0.1) is 5.92 Å². The Morgan fingerprint density at radius 1 is 1.18 bits per heavy atom. The van der Waals surface area contributed by atoms with Crippen LogP contribution in [0.15, 0.2) is 0 Å². The van der Waals surface area contributed by atoms with Crippen LogP contribution in [0.3, 0.4) is 0 Å². The van der Waals surface area contributed by atoms with Crippen molar-refractivity contribution in [3.63, 3.8) is 0 Å². The lowest BCUT2D eigenvalue weighted by atomic mass is 10.1. The number of quaternary nitrogens is 1. The van der Waals surface area contributed by atoms with E-state index in [2.05, 4.69) is 13.8 Å². The molecule has 0 radical (unpaired) electrons. The summed E-state index contributed by atoms with van der Waals surface area (Å²) in [5, 5.41) is 0.